The van der Waals surface area contributed by atoms with Gasteiger partial charge < -0.3 is 39.0 Å². The number of benzene rings is 1. The first-order valence-electron chi connectivity index (χ1n) is 20.8. The third kappa shape index (κ3) is 8.41. The number of amides is 2. The molecule has 4 saturated heterocycles. The van der Waals surface area contributed by atoms with Crippen LogP contribution in [0.3, 0.4) is 0 Å². The molecule has 2 bridgehead atoms. The van der Waals surface area contributed by atoms with Gasteiger partial charge in [0.2, 0.25) is 11.8 Å². The SMILES string of the molecule is CC(C)(C)OC(=O)CCC(CO)NC(=O)C1CCCN1C(=O)C12CC3OC(=O)C1N(Cc1ccc(C=CC(=O)OCC(F)(F)F)cc1)OC2C1OC(C2CC2)(C2CC2)OC31. The molecule has 7 fully saturated rings. The molecule has 7 aliphatic rings. The summed E-state index contributed by atoms with van der Waals surface area (Å²) in [4.78, 5) is 76.0. The highest BCUT2D eigenvalue weighted by Gasteiger charge is 2.78. The molecule has 4 aliphatic heterocycles. The van der Waals surface area contributed by atoms with Gasteiger partial charge >= 0.3 is 24.1 Å². The molecule has 15 nitrogen and oxygen atoms in total. The maximum Gasteiger partial charge on any atom is 0.422 e. The first-order chi connectivity index (χ1) is 28.4. The molecule has 0 aromatic heterocycles. The number of nitrogens with zero attached hydrogens (tertiary/aromatic N) is 2. The number of hydrogen-bond donors (Lipinski definition) is 2. The van der Waals surface area contributed by atoms with Crippen molar-refractivity contribution >= 4 is 35.8 Å². The molecule has 8 rings (SSSR count). The van der Waals surface area contributed by atoms with Gasteiger partial charge in [-0.2, -0.15) is 18.2 Å². The Morgan fingerprint density at radius 3 is 2.33 bits per heavy atom. The number of nitrogens with one attached hydrogen (secondary N) is 1. The molecule has 3 saturated carbocycles. The van der Waals surface area contributed by atoms with Gasteiger partial charge in [0.05, 0.1) is 19.2 Å². The Morgan fingerprint density at radius 2 is 1.70 bits per heavy atom. The fraction of sp³-hybridized carbons (Fsp3) is 0.690. The summed E-state index contributed by atoms with van der Waals surface area (Å²) in [5.74, 6) is -3.74. The summed E-state index contributed by atoms with van der Waals surface area (Å²) >= 11 is 0. The van der Waals surface area contributed by atoms with E-state index in [9.17, 15) is 37.5 Å². The van der Waals surface area contributed by atoms with Crippen LogP contribution in [-0.4, -0.2) is 125 Å². The van der Waals surface area contributed by atoms with Gasteiger partial charge in [0.1, 0.15) is 41.5 Å². The lowest BCUT2D eigenvalue weighted by atomic mass is 9.62. The second-order valence-corrected chi connectivity index (χ2v) is 18.1. The van der Waals surface area contributed by atoms with Crippen LogP contribution in [0.25, 0.3) is 6.08 Å². The minimum atomic E-state index is -4.65. The molecule has 2 amide bonds. The summed E-state index contributed by atoms with van der Waals surface area (Å²) in [6.45, 7) is 3.36. The molecule has 8 unspecified atom stereocenters. The Morgan fingerprint density at radius 1 is 1.02 bits per heavy atom. The van der Waals surface area contributed by atoms with E-state index in [1.165, 1.54) is 16.0 Å². The molecule has 60 heavy (non-hydrogen) atoms. The highest BCUT2D eigenvalue weighted by Crippen LogP contribution is 2.64. The van der Waals surface area contributed by atoms with Crippen LogP contribution < -0.4 is 5.32 Å². The Bertz CT molecular complexity index is 1870. The molecule has 2 N–H and O–H groups in total. The van der Waals surface area contributed by atoms with Crippen LogP contribution in [0.4, 0.5) is 13.2 Å². The van der Waals surface area contributed by atoms with Crippen molar-refractivity contribution in [3.05, 3.63) is 41.5 Å². The van der Waals surface area contributed by atoms with E-state index in [2.05, 4.69) is 10.1 Å². The topological polar surface area (TPSA) is 179 Å². The molecule has 18 heteroatoms. The number of carbonyl (C=O) groups excluding carboxylic acids is 5. The summed E-state index contributed by atoms with van der Waals surface area (Å²) in [6, 6.07) is 3.74. The van der Waals surface area contributed by atoms with E-state index < -0.39 is 108 Å². The molecule has 328 valence electrons. The van der Waals surface area contributed by atoms with Crippen molar-refractivity contribution in [3.63, 3.8) is 0 Å². The Labute approximate surface area is 345 Å². The molecule has 0 spiro atoms. The Balaban J connectivity index is 1.04. The minimum absolute atomic E-state index is 0.0158. The van der Waals surface area contributed by atoms with Crippen molar-refractivity contribution < 1.29 is 70.8 Å². The van der Waals surface area contributed by atoms with E-state index >= 15 is 4.79 Å². The fourth-order valence-corrected chi connectivity index (χ4v) is 9.67. The Hall–Kier alpha value is -4.10. The monoisotopic (exact) mass is 847 g/mol. The summed E-state index contributed by atoms with van der Waals surface area (Å²) in [7, 11) is 0. The third-order valence-corrected chi connectivity index (χ3v) is 12.5. The zero-order chi connectivity index (χ0) is 42.8. The smallest absolute Gasteiger partial charge is 0.422 e. The van der Waals surface area contributed by atoms with Crippen molar-refractivity contribution in [2.24, 2.45) is 17.3 Å². The number of hydrogen-bond acceptors (Lipinski definition) is 13. The van der Waals surface area contributed by atoms with Crippen LogP contribution in [0, 0.1) is 17.3 Å². The number of halogens is 3. The zero-order valence-corrected chi connectivity index (χ0v) is 33.8. The first kappa shape index (κ1) is 42.6. The number of ether oxygens (including phenoxy) is 5. The number of hydroxylamine groups is 2. The van der Waals surface area contributed by atoms with Crippen molar-refractivity contribution in [1.82, 2.24) is 15.3 Å². The van der Waals surface area contributed by atoms with Gasteiger partial charge in [-0.05, 0) is 82.9 Å². The van der Waals surface area contributed by atoms with Crippen molar-refractivity contribution in [3.8, 4) is 0 Å². The lowest BCUT2D eigenvalue weighted by Crippen LogP contribution is -2.70. The second-order valence-electron chi connectivity index (χ2n) is 18.1. The number of aliphatic hydroxyl groups excluding tert-OH is 1. The van der Waals surface area contributed by atoms with Crippen molar-refractivity contribution in [1.29, 1.82) is 0 Å². The summed E-state index contributed by atoms with van der Waals surface area (Å²) in [5, 5.41) is 14.4. The predicted molar refractivity (Wildman–Crippen MR) is 200 cm³/mol. The predicted octanol–water partition coefficient (Wildman–Crippen LogP) is 3.50. The lowest BCUT2D eigenvalue weighted by molar-refractivity contribution is -0.235. The van der Waals surface area contributed by atoms with Gasteiger partial charge in [0, 0.05) is 37.3 Å². The number of esters is 3. The number of likely N-dealkylation sites (tertiary alicyclic amines) is 1. The van der Waals surface area contributed by atoms with E-state index in [0.29, 0.717) is 24.0 Å². The largest absolute Gasteiger partial charge is 0.460 e. The maximum absolute atomic E-state index is 15.4. The maximum atomic E-state index is 15.4. The normalized spacial score (nSPS) is 31.4. The number of alkyl halides is 3. The molecule has 3 aliphatic carbocycles. The molecular weight excluding hydrogens is 795 g/mol. The number of rotatable bonds is 14. The number of fused-ring (bicyclic) bond motifs is 4. The Kier molecular flexibility index (Phi) is 11.3. The third-order valence-electron chi connectivity index (χ3n) is 12.5. The average Bonchev–Trinajstić information content (AvgIpc) is 4.11. The summed E-state index contributed by atoms with van der Waals surface area (Å²) in [5.41, 5.74) is -1.08. The van der Waals surface area contributed by atoms with Gasteiger partial charge in [0.15, 0.2) is 18.4 Å². The van der Waals surface area contributed by atoms with Crippen LogP contribution in [0.2, 0.25) is 0 Å². The van der Waals surface area contributed by atoms with Gasteiger partial charge in [0.25, 0.3) is 0 Å². The van der Waals surface area contributed by atoms with Crippen LogP contribution in [0.1, 0.15) is 89.7 Å². The minimum Gasteiger partial charge on any atom is -0.460 e. The molecule has 1 aromatic carbocycles. The molecule has 1 aromatic rings. The van der Waals surface area contributed by atoms with Crippen molar-refractivity contribution in [2.45, 2.75) is 145 Å². The average molecular weight is 848 g/mol. The molecule has 8 atom stereocenters. The van der Waals surface area contributed by atoms with E-state index in [0.717, 1.165) is 31.8 Å². The van der Waals surface area contributed by atoms with Gasteiger partial charge in [-0.25, -0.2) is 4.79 Å². The second kappa shape index (κ2) is 16.0. The summed E-state index contributed by atoms with van der Waals surface area (Å²) in [6.07, 6.45) is -0.929. The van der Waals surface area contributed by atoms with Gasteiger partial charge in [-0.1, -0.05) is 24.3 Å². The highest BCUT2D eigenvalue weighted by atomic mass is 19.4. The van der Waals surface area contributed by atoms with Gasteiger partial charge in [-0.15, -0.1) is 0 Å². The van der Waals surface area contributed by atoms with E-state index in [4.69, 9.17) is 23.8 Å². The summed E-state index contributed by atoms with van der Waals surface area (Å²) < 4.78 is 66.9. The van der Waals surface area contributed by atoms with E-state index in [-0.39, 0.29) is 44.2 Å². The van der Waals surface area contributed by atoms with Gasteiger partial charge in [-0.3, -0.25) is 24.0 Å². The van der Waals surface area contributed by atoms with Crippen LogP contribution >= 0.6 is 0 Å². The van der Waals surface area contributed by atoms with Crippen LogP contribution in [0.5, 0.6) is 0 Å². The lowest BCUT2D eigenvalue weighted by Gasteiger charge is -2.50. The fourth-order valence-electron chi connectivity index (χ4n) is 9.67. The molecular formula is C42H52F3N3O12. The molecule has 4 heterocycles. The first-order valence-corrected chi connectivity index (χ1v) is 20.8. The number of aliphatic hydroxyl groups is 1. The van der Waals surface area contributed by atoms with E-state index in [1.54, 1.807) is 45.0 Å². The van der Waals surface area contributed by atoms with Crippen LogP contribution in [0.15, 0.2) is 30.3 Å². The van der Waals surface area contributed by atoms with Crippen LogP contribution in [-0.2, 0) is 59.0 Å². The van der Waals surface area contributed by atoms with Crippen molar-refractivity contribution in [2.75, 3.05) is 19.8 Å². The zero-order valence-electron chi connectivity index (χ0n) is 33.8. The standard InChI is InChI=1S/C42H52F3N3O12/c1-39(2,3)57-31(51)17-15-27(21-49)46-36(52)28-5-4-18-47(28)38(54)40-19-29-32-33(59-42(58-32,25-11-12-25)26-13-14-26)35(40)60-48(34(40)37(53)56-29)20-24-8-6-23(7-9-24)10-16-30(50)55-22-41(43,44)45/h6-10,16,25-29,32-35,49H,4-5,11-15,17-22H2,1-3H3,(H,46,52). The molecule has 0 radical (unpaired) electrons. The highest BCUT2D eigenvalue weighted by molar-refractivity contribution is 5.96. The number of carbonyl (C=O) groups is 5. The van der Waals surface area contributed by atoms with E-state index in [1.807, 2.05) is 0 Å². The quantitative estimate of drug-likeness (QED) is 0.158.